The highest BCUT2D eigenvalue weighted by molar-refractivity contribution is 6.30. The number of hydrogen-bond donors (Lipinski definition) is 1. The van der Waals surface area contributed by atoms with Crippen LogP contribution in [0, 0.1) is 5.82 Å². The standard InChI is InChI=1S/C13H19ClFN3/c1-17-4-5-18(11(7-16)9-17)8-10-2-3-12(14)13(15)6-10/h2-3,6,11H,4-5,7-9,16H2,1H3. The molecule has 0 radical (unpaired) electrons. The molecule has 5 heteroatoms. The van der Waals surface area contributed by atoms with Crippen molar-refractivity contribution in [1.29, 1.82) is 0 Å². The van der Waals surface area contributed by atoms with Crippen molar-refractivity contribution in [2.24, 2.45) is 5.73 Å². The molecule has 1 atom stereocenters. The maximum Gasteiger partial charge on any atom is 0.142 e. The van der Waals surface area contributed by atoms with Crippen molar-refractivity contribution in [3.05, 3.63) is 34.6 Å². The number of piperazine rings is 1. The molecule has 1 aliphatic heterocycles. The van der Waals surface area contributed by atoms with Crippen molar-refractivity contribution < 1.29 is 4.39 Å². The van der Waals surface area contributed by atoms with Crippen LogP contribution in [0.15, 0.2) is 18.2 Å². The number of halogens is 2. The monoisotopic (exact) mass is 271 g/mol. The summed E-state index contributed by atoms with van der Waals surface area (Å²) in [6, 6.07) is 5.33. The molecular weight excluding hydrogens is 253 g/mol. The van der Waals surface area contributed by atoms with Gasteiger partial charge in [-0.3, -0.25) is 4.90 Å². The van der Waals surface area contributed by atoms with Crippen molar-refractivity contribution in [3.8, 4) is 0 Å². The van der Waals surface area contributed by atoms with Crippen LogP contribution < -0.4 is 5.73 Å². The number of benzene rings is 1. The van der Waals surface area contributed by atoms with Crippen LogP contribution in [0.5, 0.6) is 0 Å². The molecule has 1 heterocycles. The number of hydrogen-bond acceptors (Lipinski definition) is 3. The molecule has 1 aromatic rings. The summed E-state index contributed by atoms with van der Waals surface area (Å²) in [6.07, 6.45) is 0. The molecule has 0 aromatic heterocycles. The molecule has 1 saturated heterocycles. The molecule has 0 bridgehead atoms. The molecule has 1 unspecified atom stereocenters. The minimum absolute atomic E-state index is 0.174. The van der Waals surface area contributed by atoms with Gasteiger partial charge in [-0.15, -0.1) is 0 Å². The average Bonchev–Trinajstić information content (AvgIpc) is 2.36. The van der Waals surface area contributed by atoms with E-state index >= 15 is 0 Å². The fourth-order valence-electron chi connectivity index (χ4n) is 2.35. The molecule has 1 aliphatic rings. The summed E-state index contributed by atoms with van der Waals surface area (Å²) in [5, 5.41) is 0.174. The second-order valence-electron chi connectivity index (χ2n) is 4.87. The minimum atomic E-state index is -0.354. The van der Waals surface area contributed by atoms with Crippen LogP contribution in [0.2, 0.25) is 5.02 Å². The highest BCUT2D eigenvalue weighted by Crippen LogP contribution is 2.18. The third-order valence-electron chi connectivity index (χ3n) is 3.45. The Labute approximate surface area is 112 Å². The van der Waals surface area contributed by atoms with Gasteiger partial charge < -0.3 is 10.6 Å². The first kappa shape index (κ1) is 13.7. The Bertz CT molecular complexity index is 413. The van der Waals surface area contributed by atoms with Crippen molar-refractivity contribution in [3.63, 3.8) is 0 Å². The van der Waals surface area contributed by atoms with Gasteiger partial charge in [-0.05, 0) is 24.7 Å². The highest BCUT2D eigenvalue weighted by atomic mass is 35.5. The van der Waals surface area contributed by atoms with Gasteiger partial charge in [0.25, 0.3) is 0 Å². The molecular formula is C13H19ClFN3. The van der Waals surface area contributed by atoms with Gasteiger partial charge in [0.05, 0.1) is 5.02 Å². The normalized spacial score (nSPS) is 22.3. The lowest BCUT2D eigenvalue weighted by Gasteiger charge is -2.39. The summed E-state index contributed by atoms with van der Waals surface area (Å²) in [5.74, 6) is -0.354. The zero-order valence-corrected chi connectivity index (χ0v) is 11.3. The van der Waals surface area contributed by atoms with E-state index in [1.54, 1.807) is 6.07 Å². The summed E-state index contributed by atoms with van der Waals surface area (Å²) >= 11 is 5.68. The summed E-state index contributed by atoms with van der Waals surface area (Å²) in [5.41, 5.74) is 6.74. The van der Waals surface area contributed by atoms with Gasteiger partial charge in [0.1, 0.15) is 5.82 Å². The molecule has 100 valence electrons. The first-order valence-corrected chi connectivity index (χ1v) is 6.54. The smallest absolute Gasteiger partial charge is 0.142 e. The van der Waals surface area contributed by atoms with E-state index in [1.807, 2.05) is 6.07 Å². The van der Waals surface area contributed by atoms with Crippen LogP contribution in [0.25, 0.3) is 0 Å². The molecule has 0 aliphatic carbocycles. The number of likely N-dealkylation sites (N-methyl/N-ethyl adjacent to an activating group) is 1. The fraction of sp³-hybridized carbons (Fsp3) is 0.538. The average molecular weight is 272 g/mol. The Balaban J connectivity index is 2.05. The Morgan fingerprint density at radius 1 is 1.44 bits per heavy atom. The summed E-state index contributed by atoms with van der Waals surface area (Å²) in [4.78, 5) is 4.58. The van der Waals surface area contributed by atoms with Crippen LogP contribution in [0.4, 0.5) is 4.39 Å². The summed E-state index contributed by atoms with van der Waals surface area (Å²) in [6.45, 7) is 4.30. The molecule has 1 fully saturated rings. The van der Waals surface area contributed by atoms with Crippen LogP contribution in [-0.2, 0) is 6.54 Å². The van der Waals surface area contributed by atoms with Crippen molar-refractivity contribution >= 4 is 11.6 Å². The van der Waals surface area contributed by atoms with E-state index in [-0.39, 0.29) is 10.8 Å². The first-order valence-electron chi connectivity index (χ1n) is 6.16. The van der Waals surface area contributed by atoms with Crippen molar-refractivity contribution in [1.82, 2.24) is 9.80 Å². The van der Waals surface area contributed by atoms with Gasteiger partial charge in [0.15, 0.2) is 0 Å². The van der Waals surface area contributed by atoms with E-state index in [2.05, 4.69) is 16.8 Å². The number of nitrogens with two attached hydrogens (primary N) is 1. The van der Waals surface area contributed by atoms with E-state index in [0.717, 1.165) is 31.7 Å². The van der Waals surface area contributed by atoms with E-state index in [0.29, 0.717) is 12.6 Å². The predicted octanol–water partition coefficient (Wildman–Crippen LogP) is 1.55. The molecule has 2 N–H and O–H groups in total. The maximum absolute atomic E-state index is 13.4. The fourth-order valence-corrected chi connectivity index (χ4v) is 2.47. The second kappa shape index (κ2) is 5.97. The minimum Gasteiger partial charge on any atom is -0.329 e. The summed E-state index contributed by atoms with van der Waals surface area (Å²) in [7, 11) is 2.10. The zero-order chi connectivity index (χ0) is 13.1. The third kappa shape index (κ3) is 3.20. The van der Waals surface area contributed by atoms with E-state index in [1.165, 1.54) is 6.07 Å². The van der Waals surface area contributed by atoms with Crippen LogP contribution >= 0.6 is 11.6 Å². The topological polar surface area (TPSA) is 32.5 Å². The lowest BCUT2D eigenvalue weighted by molar-refractivity contribution is 0.0880. The molecule has 18 heavy (non-hydrogen) atoms. The molecule has 0 saturated carbocycles. The van der Waals surface area contributed by atoms with Gasteiger partial charge in [-0.1, -0.05) is 17.7 Å². The molecule has 0 amide bonds. The highest BCUT2D eigenvalue weighted by Gasteiger charge is 2.24. The van der Waals surface area contributed by atoms with E-state index in [4.69, 9.17) is 17.3 Å². The maximum atomic E-state index is 13.4. The van der Waals surface area contributed by atoms with E-state index < -0.39 is 0 Å². The van der Waals surface area contributed by atoms with Gasteiger partial charge in [0, 0.05) is 38.8 Å². The molecule has 2 rings (SSSR count). The SMILES string of the molecule is CN1CCN(Cc2ccc(Cl)c(F)c2)C(CN)C1. The Kier molecular flexibility index (Phi) is 4.56. The van der Waals surface area contributed by atoms with Crippen LogP contribution in [0.3, 0.4) is 0 Å². The van der Waals surface area contributed by atoms with Crippen molar-refractivity contribution in [2.75, 3.05) is 33.2 Å². The number of rotatable bonds is 3. The first-order chi connectivity index (χ1) is 8.60. The van der Waals surface area contributed by atoms with Gasteiger partial charge in [0.2, 0.25) is 0 Å². The van der Waals surface area contributed by atoms with Gasteiger partial charge in [-0.2, -0.15) is 0 Å². The predicted molar refractivity (Wildman–Crippen MR) is 72.2 cm³/mol. The largest absolute Gasteiger partial charge is 0.329 e. The Hall–Kier alpha value is -0.680. The van der Waals surface area contributed by atoms with Gasteiger partial charge >= 0.3 is 0 Å². The molecule has 0 spiro atoms. The lowest BCUT2D eigenvalue weighted by Crippen LogP contribution is -2.54. The molecule has 3 nitrogen and oxygen atoms in total. The second-order valence-corrected chi connectivity index (χ2v) is 5.28. The number of nitrogens with zero attached hydrogens (tertiary/aromatic N) is 2. The van der Waals surface area contributed by atoms with E-state index in [9.17, 15) is 4.39 Å². The lowest BCUT2D eigenvalue weighted by atomic mass is 10.1. The summed E-state index contributed by atoms with van der Waals surface area (Å²) < 4.78 is 13.4. The Morgan fingerprint density at radius 3 is 2.89 bits per heavy atom. The molecule has 1 aromatic carbocycles. The van der Waals surface area contributed by atoms with Crippen LogP contribution in [0.1, 0.15) is 5.56 Å². The quantitative estimate of drug-likeness (QED) is 0.906. The van der Waals surface area contributed by atoms with Crippen LogP contribution in [-0.4, -0.2) is 49.1 Å². The Morgan fingerprint density at radius 2 is 2.22 bits per heavy atom. The van der Waals surface area contributed by atoms with Gasteiger partial charge in [-0.25, -0.2) is 4.39 Å². The third-order valence-corrected chi connectivity index (χ3v) is 3.76. The van der Waals surface area contributed by atoms with Crippen molar-refractivity contribution in [2.45, 2.75) is 12.6 Å². The zero-order valence-electron chi connectivity index (χ0n) is 10.6.